The second kappa shape index (κ2) is 4.54. The van der Waals surface area contributed by atoms with E-state index < -0.39 is 29.0 Å². The Bertz CT molecular complexity index is 762. The van der Waals surface area contributed by atoms with Crippen LogP contribution in [0.2, 0.25) is 0 Å². The van der Waals surface area contributed by atoms with E-state index in [0.717, 1.165) is 0 Å². The van der Waals surface area contributed by atoms with Crippen LogP contribution in [0.15, 0.2) is 36.4 Å². The lowest BCUT2D eigenvalue weighted by Crippen LogP contribution is -2.39. The summed E-state index contributed by atoms with van der Waals surface area (Å²) in [6, 6.07) is 6.35. The van der Waals surface area contributed by atoms with Crippen molar-refractivity contribution in [2.75, 3.05) is 4.90 Å². The first-order chi connectivity index (χ1) is 11.3. The van der Waals surface area contributed by atoms with E-state index in [9.17, 15) is 14.4 Å². The summed E-state index contributed by atoms with van der Waals surface area (Å²) in [5.41, 5.74) is -1.00. The van der Waals surface area contributed by atoms with Crippen LogP contribution in [0.1, 0.15) is 20.8 Å². The summed E-state index contributed by atoms with van der Waals surface area (Å²) in [6.07, 6.45) is 3.76. The fourth-order valence-corrected chi connectivity index (χ4v) is 4.11. The molecule has 1 aromatic carbocycles. The first-order valence-electron chi connectivity index (χ1n) is 7.82. The molecule has 2 fully saturated rings. The molecule has 1 aromatic rings. The molecule has 3 heterocycles. The summed E-state index contributed by atoms with van der Waals surface area (Å²) < 4.78 is 10.9. The van der Waals surface area contributed by atoms with Crippen molar-refractivity contribution in [2.24, 2.45) is 11.8 Å². The number of fused-ring (bicyclic) bond motifs is 5. The minimum Gasteiger partial charge on any atom is -0.427 e. The summed E-state index contributed by atoms with van der Waals surface area (Å²) in [5, 5.41) is 0. The summed E-state index contributed by atoms with van der Waals surface area (Å²) in [4.78, 5) is 38.0. The Labute approximate surface area is 139 Å². The zero-order valence-corrected chi connectivity index (χ0v) is 13.6. The van der Waals surface area contributed by atoms with Crippen LogP contribution in [-0.4, -0.2) is 29.0 Å². The second-order valence-electron chi connectivity index (χ2n) is 6.86. The molecule has 6 nitrogen and oxygen atoms in total. The lowest BCUT2D eigenvalue weighted by molar-refractivity contribution is -0.132. The Kier molecular flexibility index (Phi) is 2.85. The molecule has 0 N–H and O–H groups in total. The fraction of sp³-hybridized carbons (Fsp3) is 0.389. The van der Waals surface area contributed by atoms with Crippen molar-refractivity contribution in [1.29, 1.82) is 0 Å². The molecule has 3 aliphatic rings. The lowest BCUT2D eigenvalue weighted by atomic mass is 9.73. The molecule has 0 aromatic heterocycles. The molecule has 24 heavy (non-hydrogen) atoms. The minimum atomic E-state index is -0.738. The number of carbonyl (C=O) groups excluding carboxylic acids is 3. The predicted octanol–water partition coefficient (Wildman–Crippen LogP) is 1.83. The van der Waals surface area contributed by atoms with E-state index >= 15 is 0 Å². The molecular weight excluding hydrogens is 310 g/mol. The number of hydrogen-bond acceptors (Lipinski definition) is 5. The van der Waals surface area contributed by atoms with Gasteiger partial charge in [0.1, 0.15) is 5.75 Å². The first kappa shape index (κ1) is 15.1. The zero-order chi connectivity index (χ0) is 17.3. The number of amides is 2. The highest BCUT2D eigenvalue weighted by atomic mass is 16.5. The maximum atomic E-state index is 12.9. The normalized spacial score (nSPS) is 36.4. The van der Waals surface area contributed by atoms with Crippen LogP contribution >= 0.6 is 0 Å². The number of nitrogens with zero attached hydrogens (tertiary/aromatic N) is 1. The van der Waals surface area contributed by atoms with E-state index in [4.69, 9.17) is 9.47 Å². The lowest BCUT2D eigenvalue weighted by Gasteiger charge is -2.25. The van der Waals surface area contributed by atoms with Gasteiger partial charge in [0.25, 0.3) is 0 Å². The van der Waals surface area contributed by atoms with Crippen molar-refractivity contribution in [3.8, 4) is 5.75 Å². The molecule has 0 saturated carbocycles. The van der Waals surface area contributed by atoms with Crippen molar-refractivity contribution in [3.63, 3.8) is 0 Å². The molecular formula is C18H17NO5. The first-order valence-corrected chi connectivity index (χ1v) is 7.82. The molecule has 2 saturated heterocycles. The zero-order valence-electron chi connectivity index (χ0n) is 13.6. The highest BCUT2D eigenvalue weighted by Gasteiger charge is 2.70. The number of carbonyl (C=O) groups is 3. The van der Waals surface area contributed by atoms with Gasteiger partial charge in [-0.15, -0.1) is 0 Å². The van der Waals surface area contributed by atoms with E-state index in [-0.39, 0.29) is 11.8 Å². The van der Waals surface area contributed by atoms with Gasteiger partial charge in [0.15, 0.2) is 0 Å². The Morgan fingerprint density at radius 3 is 2.00 bits per heavy atom. The second-order valence-corrected chi connectivity index (χ2v) is 6.86. The standard InChI is InChI=1S/C18H17NO5/c1-10(20)23-12-6-4-11(5-7-12)19-15(21)13-14(16(19)22)18(3)9-8-17(13,2)24-18/h4-9,13-14H,1-3H3/t13-,14-,17+,18+/m0/s1. The molecule has 3 aliphatic heterocycles. The number of esters is 1. The number of ether oxygens (including phenoxy) is 2. The summed E-state index contributed by atoms with van der Waals surface area (Å²) in [5.74, 6) is -1.57. The number of imide groups is 1. The van der Waals surface area contributed by atoms with Crippen molar-refractivity contribution < 1.29 is 23.9 Å². The monoisotopic (exact) mass is 327 g/mol. The van der Waals surface area contributed by atoms with Gasteiger partial charge in [-0.2, -0.15) is 0 Å². The number of rotatable bonds is 2. The van der Waals surface area contributed by atoms with Gasteiger partial charge in [-0.1, -0.05) is 12.2 Å². The Morgan fingerprint density at radius 1 is 1.04 bits per heavy atom. The van der Waals surface area contributed by atoms with Gasteiger partial charge in [-0.05, 0) is 38.1 Å². The molecule has 124 valence electrons. The van der Waals surface area contributed by atoms with Crippen LogP contribution in [-0.2, 0) is 19.1 Å². The number of anilines is 1. The van der Waals surface area contributed by atoms with E-state index in [2.05, 4.69) is 0 Å². The molecule has 2 bridgehead atoms. The van der Waals surface area contributed by atoms with Gasteiger partial charge < -0.3 is 9.47 Å². The molecule has 0 radical (unpaired) electrons. The van der Waals surface area contributed by atoms with E-state index in [0.29, 0.717) is 11.4 Å². The topological polar surface area (TPSA) is 72.9 Å². The van der Waals surface area contributed by atoms with Gasteiger partial charge in [0.2, 0.25) is 11.8 Å². The third-order valence-electron chi connectivity index (χ3n) is 5.08. The maximum Gasteiger partial charge on any atom is 0.308 e. The van der Waals surface area contributed by atoms with Crippen LogP contribution < -0.4 is 9.64 Å². The van der Waals surface area contributed by atoms with Crippen molar-refractivity contribution in [2.45, 2.75) is 32.0 Å². The van der Waals surface area contributed by atoms with Gasteiger partial charge in [-0.25, -0.2) is 4.90 Å². The molecule has 6 heteroatoms. The predicted molar refractivity (Wildman–Crippen MR) is 84.3 cm³/mol. The third kappa shape index (κ3) is 1.83. The fourth-order valence-electron chi connectivity index (χ4n) is 4.11. The molecule has 4 atom stereocenters. The van der Waals surface area contributed by atoms with Crippen LogP contribution in [0, 0.1) is 11.8 Å². The molecule has 2 amide bonds. The average Bonchev–Trinajstić information content (AvgIpc) is 3.04. The highest BCUT2D eigenvalue weighted by molar-refractivity contribution is 6.23. The molecule has 0 spiro atoms. The number of benzene rings is 1. The van der Waals surface area contributed by atoms with Crippen LogP contribution in [0.25, 0.3) is 0 Å². The van der Waals surface area contributed by atoms with Crippen LogP contribution in [0.3, 0.4) is 0 Å². The quantitative estimate of drug-likeness (QED) is 0.359. The van der Waals surface area contributed by atoms with Crippen LogP contribution in [0.4, 0.5) is 5.69 Å². The molecule has 0 unspecified atom stereocenters. The van der Waals surface area contributed by atoms with Gasteiger partial charge in [-0.3, -0.25) is 14.4 Å². The van der Waals surface area contributed by atoms with E-state index in [1.807, 2.05) is 26.0 Å². The van der Waals surface area contributed by atoms with Gasteiger partial charge in [0.05, 0.1) is 28.7 Å². The van der Waals surface area contributed by atoms with E-state index in [1.165, 1.54) is 11.8 Å². The van der Waals surface area contributed by atoms with Crippen molar-refractivity contribution >= 4 is 23.5 Å². The maximum absolute atomic E-state index is 12.9. The Hall–Kier alpha value is -2.47. The van der Waals surface area contributed by atoms with Gasteiger partial charge in [0, 0.05) is 6.92 Å². The Balaban J connectivity index is 1.68. The minimum absolute atomic E-state index is 0.249. The molecule has 4 rings (SSSR count). The van der Waals surface area contributed by atoms with Gasteiger partial charge >= 0.3 is 5.97 Å². The van der Waals surface area contributed by atoms with Crippen molar-refractivity contribution in [1.82, 2.24) is 0 Å². The summed E-state index contributed by atoms with van der Waals surface area (Å²) in [6.45, 7) is 5.00. The molecule has 0 aliphatic carbocycles. The Morgan fingerprint density at radius 2 is 1.54 bits per heavy atom. The highest BCUT2D eigenvalue weighted by Crippen LogP contribution is 2.57. The van der Waals surface area contributed by atoms with Crippen molar-refractivity contribution in [3.05, 3.63) is 36.4 Å². The third-order valence-corrected chi connectivity index (χ3v) is 5.08. The summed E-state index contributed by atoms with van der Waals surface area (Å²) in [7, 11) is 0. The SMILES string of the molecule is CC(=O)Oc1ccc(N2C(=O)[C@@H]3[C@@H](C2=O)[C@@]2(C)C=C[C@@]3(C)O2)cc1. The number of hydrogen-bond donors (Lipinski definition) is 0. The summed E-state index contributed by atoms with van der Waals surface area (Å²) >= 11 is 0. The van der Waals surface area contributed by atoms with Crippen LogP contribution in [0.5, 0.6) is 5.75 Å². The van der Waals surface area contributed by atoms with E-state index in [1.54, 1.807) is 24.3 Å². The smallest absolute Gasteiger partial charge is 0.308 e. The average molecular weight is 327 g/mol. The largest absolute Gasteiger partial charge is 0.427 e.